The minimum atomic E-state index is -0.498. The molecule has 0 amide bonds. The van der Waals surface area contributed by atoms with E-state index in [1.54, 1.807) is 24.3 Å². The molecule has 0 N–H and O–H groups in total. The first kappa shape index (κ1) is 18.3. The quantitative estimate of drug-likeness (QED) is 0.658. The molecule has 6 heteroatoms. The molecule has 2 aromatic rings. The molecule has 1 aromatic heterocycles. The third-order valence-electron chi connectivity index (χ3n) is 3.24. The SMILES string of the molecule is CC(C)CCOc1coc(COC(=O)c2ccccc2Br)cc1=O. The van der Waals surface area contributed by atoms with E-state index in [1.165, 1.54) is 12.3 Å². The first-order valence-corrected chi connectivity index (χ1v) is 8.43. The Kier molecular flexibility index (Phi) is 6.61. The fraction of sp³-hybridized carbons (Fsp3) is 0.333. The Hall–Kier alpha value is -2.08. The van der Waals surface area contributed by atoms with Crippen LogP contribution in [0.1, 0.15) is 36.4 Å². The van der Waals surface area contributed by atoms with Crippen molar-refractivity contribution in [3.8, 4) is 5.75 Å². The summed E-state index contributed by atoms with van der Waals surface area (Å²) < 4.78 is 16.5. The van der Waals surface area contributed by atoms with E-state index in [1.807, 2.05) is 0 Å². The number of benzene rings is 1. The molecule has 0 saturated heterocycles. The minimum Gasteiger partial charge on any atom is -0.487 e. The zero-order valence-electron chi connectivity index (χ0n) is 13.6. The minimum absolute atomic E-state index is 0.123. The number of halogens is 1. The van der Waals surface area contributed by atoms with Gasteiger partial charge < -0.3 is 13.9 Å². The molecular formula is C18H19BrO5. The molecule has 0 aliphatic carbocycles. The van der Waals surface area contributed by atoms with Crippen molar-refractivity contribution >= 4 is 21.9 Å². The van der Waals surface area contributed by atoms with Crippen LogP contribution in [0.4, 0.5) is 0 Å². The highest BCUT2D eigenvalue weighted by atomic mass is 79.9. The smallest absolute Gasteiger partial charge is 0.339 e. The molecule has 0 aliphatic heterocycles. The molecule has 0 aliphatic rings. The molecule has 0 radical (unpaired) electrons. The Labute approximate surface area is 148 Å². The third-order valence-corrected chi connectivity index (χ3v) is 3.94. The molecule has 0 saturated carbocycles. The van der Waals surface area contributed by atoms with Crippen LogP contribution in [-0.2, 0) is 11.3 Å². The first-order valence-electron chi connectivity index (χ1n) is 7.63. The summed E-state index contributed by atoms with van der Waals surface area (Å²) in [4.78, 5) is 24.0. The second-order valence-corrected chi connectivity index (χ2v) is 6.52. The van der Waals surface area contributed by atoms with Crippen LogP contribution in [0, 0.1) is 5.92 Å². The highest BCUT2D eigenvalue weighted by molar-refractivity contribution is 9.10. The van der Waals surface area contributed by atoms with Gasteiger partial charge in [-0.2, -0.15) is 0 Å². The zero-order chi connectivity index (χ0) is 17.5. The highest BCUT2D eigenvalue weighted by Gasteiger charge is 2.12. The Bertz CT molecular complexity index is 751. The second-order valence-electron chi connectivity index (χ2n) is 5.66. The Morgan fingerprint density at radius 2 is 2.04 bits per heavy atom. The van der Waals surface area contributed by atoms with Crippen molar-refractivity contribution < 1.29 is 18.7 Å². The number of carbonyl (C=O) groups excluding carboxylic acids is 1. The third kappa shape index (κ3) is 5.23. The fourth-order valence-electron chi connectivity index (χ4n) is 1.87. The largest absolute Gasteiger partial charge is 0.487 e. The van der Waals surface area contributed by atoms with Crippen LogP contribution in [0.2, 0.25) is 0 Å². The molecule has 2 rings (SSSR count). The lowest BCUT2D eigenvalue weighted by molar-refractivity contribution is 0.0441. The fourth-order valence-corrected chi connectivity index (χ4v) is 2.31. The zero-order valence-corrected chi connectivity index (χ0v) is 15.2. The lowest BCUT2D eigenvalue weighted by Gasteiger charge is -2.08. The normalized spacial score (nSPS) is 10.7. The van der Waals surface area contributed by atoms with Gasteiger partial charge in [0.25, 0.3) is 0 Å². The number of hydrogen-bond donors (Lipinski definition) is 0. The number of carbonyl (C=O) groups is 1. The van der Waals surface area contributed by atoms with Gasteiger partial charge in [0.1, 0.15) is 18.6 Å². The summed E-state index contributed by atoms with van der Waals surface area (Å²) in [6, 6.07) is 8.22. The monoisotopic (exact) mass is 394 g/mol. The van der Waals surface area contributed by atoms with E-state index in [0.717, 1.165) is 6.42 Å². The maximum Gasteiger partial charge on any atom is 0.339 e. The van der Waals surface area contributed by atoms with Gasteiger partial charge in [-0.3, -0.25) is 4.79 Å². The molecule has 0 fully saturated rings. The van der Waals surface area contributed by atoms with Crippen molar-refractivity contribution in [2.24, 2.45) is 5.92 Å². The van der Waals surface area contributed by atoms with Crippen molar-refractivity contribution in [3.05, 3.63) is 62.6 Å². The molecule has 24 heavy (non-hydrogen) atoms. The molecule has 0 atom stereocenters. The van der Waals surface area contributed by atoms with Gasteiger partial charge in [-0.05, 0) is 40.4 Å². The van der Waals surface area contributed by atoms with Gasteiger partial charge >= 0.3 is 5.97 Å². The summed E-state index contributed by atoms with van der Waals surface area (Å²) in [6.45, 7) is 4.49. The number of rotatable bonds is 7. The average molecular weight is 395 g/mol. The number of esters is 1. The summed E-state index contributed by atoms with van der Waals surface area (Å²) >= 11 is 3.29. The van der Waals surface area contributed by atoms with Crippen LogP contribution < -0.4 is 10.2 Å². The summed E-state index contributed by atoms with van der Waals surface area (Å²) in [7, 11) is 0. The second kappa shape index (κ2) is 8.68. The molecule has 128 valence electrons. The van der Waals surface area contributed by atoms with Gasteiger partial charge in [0.15, 0.2) is 0 Å². The van der Waals surface area contributed by atoms with Crippen molar-refractivity contribution in [3.63, 3.8) is 0 Å². The highest BCUT2D eigenvalue weighted by Crippen LogP contribution is 2.17. The van der Waals surface area contributed by atoms with Gasteiger partial charge in [0.2, 0.25) is 11.2 Å². The average Bonchev–Trinajstić information content (AvgIpc) is 2.54. The standard InChI is InChI=1S/C18H19BrO5/c1-12(2)7-8-22-17-11-23-13(9-16(17)20)10-24-18(21)14-5-3-4-6-15(14)19/h3-6,9,11-12H,7-8,10H2,1-2H3. The Morgan fingerprint density at radius 3 is 2.71 bits per heavy atom. The van der Waals surface area contributed by atoms with Crippen LogP contribution in [0.3, 0.4) is 0 Å². The molecule has 0 spiro atoms. The summed E-state index contributed by atoms with van der Waals surface area (Å²) in [5.41, 5.74) is 0.116. The maximum absolute atomic E-state index is 12.0. The molecular weight excluding hydrogens is 376 g/mol. The van der Waals surface area contributed by atoms with E-state index in [-0.39, 0.29) is 23.5 Å². The van der Waals surface area contributed by atoms with E-state index in [0.29, 0.717) is 22.6 Å². The van der Waals surface area contributed by atoms with E-state index in [9.17, 15) is 9.59 Å². The molecule has 0 unspecified atom stereocenters. The van der Waals surface area contributed by atoms with E-state index < -0.39 is 5.97 Å². The van der Waals surface area contributed by atoms with Gasteiger partial charge in [0, 0.05) is 10.5 Å². The van der Waals surface area contributed by atoms with Crippen molar-refractivity contribution in [2.75, 3.05) is 6.61 Å². The molecule has 1 aromatic carbocycles. The van der Waals surface area contributed by atoms with Crippen molar-refractivity contribution in [1.82, 2.24) is 0 Å². The number of hydrogen-bond acceptors (Lipinski definition) is 5. The summed E-state index contributed by atoms with van der Waals surface area (Å²) in [5, 5.41) is 0. The molecule has 5 nitrogen and oxygen atoms in total. The maximum atomic E-state index is 12.0. The number of ether oxygens (including phenoxy) is 2. The van der Waals surface area contributed by atoms with Crippen molar-refractivity contribution in [1.29, 1.82) is 0 Å². The Morgan fingerprint density at radius 1 is 1.29 bits per heavy atom. The topological polar surface area (TPSA) is 65.7 Å². The van der Waals surface area contributed by atoms with Gasteiger partial charge in [-0.25, -0.2) is 4.79 Å². The van der Waals surface area contributed by atoms with E-state index >= 15 is 0 Å². The summed E-state index contributed by atoms with van der Waals surface area (Å²) in [6.07, 6.45) is 2.11. The van der Waals surface area contributed by atoms with Gasteiger partial charge in [-0.15, -0.1) is 0 Å². The van der Waals surface area contributed by atoms with Crippen LogP contribution in [0.25, 0.3) is 0 Å². The van der Waals surface area contributed by atoms with E-state index in [4.69, 9.17) is 13.9 Å². The van der Waals surface area contributed by atoms with Gasteiger partial charge in [-0.1, -0.05) is 26.0 Å². The van der Waals surface area contributed by atoms with Crippen molar-refractivity contribution in [2.45, 2.75) is 26.9 Å². The van der Waals surface area contributed by atoms with E-state index in [2.05, 4.69) is 29.8 Å². The lowest BCUT2D eigenvalue weighted by Crippen LogP contribution is -2.11. The van der Waals surface area contributed by atoms with Gasteiger partial charge in [0.05, 0.1) is 12.2 Å². The predicted octanol–water partition coefficient (Wildman–Crippen LogP) is 4.18. The summed E-state index contributed by atoms with van der Waals surface area (Å²) in [5.74, 6) is 0.420. The Balaban J connectivity index is 1.94. The molecule has 0 bridgehead atoms. The lowest BCUT2D eigenvalue weighted by atomic mass is 10.1. The molecule has 1 heterocycles. The van der Waals surface area contributed by atoms with Crippen LogP contribution in [0.5, 0.6) is 5.75 Å². The predicted molar refractivity (Wildman–Crippen MR) is 93.2 cm³/mol. The van der Waals surface area contributed by atoms with Crippen LogP contribution in [0.15, 0.2) is 50.3 Å². The first-order chi connectivity index (χ1) is 11.5. The van der Waals surface area contributed by atoms with Crippen LogP contribution >= 0.6 is 15.9 Å². The van der Waals surface area contributed by atoms with Crippen LogP contribution in [-0.4, -0.2) is 12.6 Å².